The zero-order chi connectivity index (χ0) is 17.6. The van der Waals surface area contributed by atoms with Gasteiger partial charge in [0.05, 0.1) is 25.7 Å². The fourth-order valence-electron chi connectivity index (χ4n) is 3.21. The number of carbonyl (C=O) groups excluding carboxylic acids is 2. The smallest absolute Gasteiger partial charge is 0.225 e. The van der Waals surface area contributed by atoms with Gasteiger partial charge in [0.2, 0.25) is 11.8 Å². The molecule has 0 aromatic carbocycles. The number of hydrogen-bond acceptors (Lipinski definition) is 6. The lowest BCUT2D eigenvalue weighted by Crippen LogP contribution is -2.49. The number of carbonyl (C=O) groups is 2. The molecule has 0 saturated carbocycles. The van der Waals surface area contributed by atoms with Crippen molar-refractivity contribution in [2.75, 3.05) is 45.9 Å². The molecule has 0 spiro atoms. The Kier molecular flexibility index (Phi) is 5.98. The molecule has 0 aliphatic carbocycles. The minimum atomic E-state index is -0.164. The zero-order valence-corrected chi connectivity index (χ0v) is 14.7. The second-order valence-electron chi connectivity index (χ2n) is 6.58. The van der Waals surface area contributed by atoms with E-state index in [-0.39, 0.29) is 17.7 Å². The van der Waals surface area contributed by atoms with Crippen molar-refractivity contribution in [2.24, 2.45) is 5.92 Å². The first-order valence-corrected chi connectivity index (χ1v) is 8.85. The van der Waals surface area contributed by atoms with Gasteiger partial charge >= 0.3 is 0 Å². The molecule has 3 rings (SSSR count). The van der Waals surface area contributed by atoms with Gasteiger partial charge in [0.15, 0.2) is 5.82 Å². The van der Waals surface area contributed by atoms with E-state index in [4.69, 9.17) is 4.74 Å². The second-order valence-corrected chi connectivity index (χ2v) is 6.58. The highest BCUT2D eigenvalue weighted by atomic mass is 16.5. The van der Waals surface area contributed by atoms with Crippen molar-refractivity contribution in [3.8, 4) is 0 Å². The molecule has 1 aromatic rings. The first kappa shape index (κ1) is 17.8. The van der Waals surface area contributed by atoms with Crippen molar-refractivity contribution < 1.29 is 14.3 Å². The van der Waals surface area contributed by atoms with Gasteiger partial charge in [-0.25, -0.2) is 4.98 Å². The third-order valence-electron chi connectivity index (χ3n) is 4.73. The van der Waals surface area contributed by atoms with Crippen LogP contribution in [0, 0.1) is 12.8 Å². The maximum atomic E-state index is 12.4. The Hall–Kier alpha value is -2.00. The van der Waals surface area contributed by atoms with Crippen molar-refractivity contribution in [1.82, 2.24) is 30.3 Å². The van der Waals surface area contributed by atoms with Crippen LogP contribution in [0.25, 0.3) is 0 Å². The number of aryl methyl sites for hydroxylation is 1. The molecular formula is C16H26N6O3. The molecule has 2 amide bonds. The quantitative estimate of drug-likeness (QED) is 0.703. The molecule has 2 aliphatic heterocycles. The summed E-state index contributed by atoms with van der Waals surface area (Å²) in [6.07, 6.45) is 1.03. The van der Waals surface area contributed by atoms with Crippen molar-refractivity contribution >= 4 is 11.8 Å². The van der Waals surface area contributed by atoms with Crippen LogP contribution < -0.4 is 5.32 Å². The van der Waals surface area contributed by atoms with Gasteiger partial charge in [-0.3, -0.25) is 19.6 Å². The number of nitrogens with zero attached hydrogens (tertiary/aromatic N) is 4. The van der Waals surface area contributed by atoms with Gasteiger partial charge in [0.1, 0.15) is 5.82 Å². The molecule has 0 unspecified atom stereocenters. The average molecular weight is 350 g/mol. The largest absolute Gasteiger partial charge is 0.379 e. The summed E-state index contributed by atoms with van der Waals surface area (Å²) in [7, 11) is 0. The van der Waals surface area contributed by atoms with E-state index in [9.17, 15) is 9.59 Å². The molecule has 2 aliphatic rings. The molecular weight excluding hydrogens is 324 g/mol. The van der Waals surface area contributed by atoms with Gasteiger partial charge in [-0.1, -0.05) is 0 Å². The first-order chi connectivity index (χ1) is 12.1. The van der Waals surface area contributed by atoms with E-state index in [2.05, 4.69) is 25.4 Å². The Bertz CT molecular complexity index is 598. The van der Waals surface area contributed by atoms with Crippen molar-refractivity contribution in [2.45, 2.75) is 26.3 Å². The molecule has 2 N–H and O–H groups in total. The first-order valence-electron chi connectivity index (χ1n) is 8.85. The maximum Gasteiger partial charge on any atom is 0.225 e. The normalized spacial score (nSPS) is 22.2. The van der Waals surface area contributed by atoms with Gasteiger partial charge in [0, 0.05) is 39.1 Å². The van der Waals surface area contributed by atoms with Crippen molar-refractivity contribution in [3.05, 3.63) is 11.6 Å². The van der Waals surface area contributed by atoms with Crippen LogP contribution >= 0.6 is 0 Å². The Morgan fingerprint density at radius 3 is 2.88 bits per heavy atom. The standard InChI is InChI=1S/C16H26N6O3/c1-12-18-14(20-19-12)10-17-16(24)13-2-3-15(23)22(11-13)5-4-21-6-8-25-9-7-21/h13H,2-11H2,1H3,(H,17,24)(H,18,19,20)/t13-/m0/s1. The lowest BCUT2D eigenvalue weighted by atomic mass is 9.96. The zero-order valence-electron chi connectivity index (χ0n) is 14.7. The number of amides is 2. The van der Waals surface area contributed by atoms with Crippen molar-refractivity contribution in [3.63, 3.8) is 0 Å². The van der Waals surface area contributed by atoms with Crippen LogP contribution in [0.2, 0.25) is 0 Å². The summed E-state index contributed by atoms with van der Waals surface area (Å²) in [5, 5.41) is 9.64. The Balaban J connectivity index is 1.45. The van der Waals surface area contributed by atoms with Crippen LogP contribution in [0.5, 0.6) is 0 Å². The third-order valence-corrected chi connectivity index (χ3v) is 4.73. The number of morpholine rings is 1. The summed E-state index contributed by atoms with van der Waals surface area (Å²) in [5.41, 5.74) is 0. The van der Waals surface area contributed by atoms with Crippen LogP contribution in [0.1, 0.15) is 24.5 Å². The number of nitrogens with one attached hydrogen (secondary N) is 2. The summed E-state index contributed by atoms with van der Waals surface area (Å²) in [5.74, 6) is 1.24. The Morgan fingerprint density at radius 2 is 2.16 bits per heavy atom. The predicted molar refractivity (Wildman–Crippen MR) is 89.5 cm³/mol. The fraction of sp³-hybridized carbons (Fsp3) is 0.750. The minimum absolute atomic E-state index is 0.0358. The van der Waals surface area contributed by atoms with E-state index < -0.39 is 0 Å². The van der Waals surface area contributed by atoms with Crippen molar-refractivity contribution in [1.29, 1.82) is 0 Å². The van der Waals surface area contributed by atoms with Crippen LogP contribution in [0.15, 0.2) is 0 Å². The topological polar surface area (TPSA) is 103 Å². The van der Waals surface area contributed by atoms with Gasteiger partial charge < -0.3 is 15.0 Å². The summed E-state index contributed by atoms with van der Waals surface area (Å²) >= 11 is 0. The van der Waals surface area contributed by atoms with E-state index in [0.717, 1.165) is 38.7 Å². The number of ether oxygens (including phenoxy) is 1. The molecule has 9 nitrogen and oxygen atoms in total. The summed E-state index contributed by atoms with van der Waals surface area (Å²) in [6.45, 7) is 7.42. The number of piperidine rings is 1. The number of aromatic nitrogens is 3. The van der Waals surface area contributed by atoms with Gasteiger partial charge in [0.25, 0.3) is 0 Å². The van der Waals surface area contributed by atoms with E-state index in [0.29, 0.717) is 38.3 Å². The van der Waals surface area contributed by atoms with Crippen LogP contribution in [0.3, 0.4) is 0 Å². The highest BCUT2D eigenvalue weighted by molar-refractivity contribution is 5.83. The maximum absolute atomic E-state index is 12.4. The van der Waals surface area contributed by atoms with Crippen LogP contribution in [-0.4, -0.2) is 82.7 Å². The Labute approximate surface area is 147 Å². The van der Waals surface area contributed by atoms with E-state index in [1.807, 2.05) is 11.8 Å². The number of H-pyrrole nitrogens is 1. The highest BCUT2D eigenvalue weighted by Gasteiger charge is 2.30. The molecule has 3 heterocycles. The number of hydrogen-bond donors (Lipinski definition) is 2. The molecule has 0 bridgehead atoms. The lowest BCUT2D eigenvalue weighted by Gasteiger charge is -2.34. The lowest BCUT2D eigenvalue weighted by molar-refractivity contribution is -0.138. The van der Waals surface area contributed by atoms with Gasteiger partial charge in [-0.05, 0) is 13.3 Å². The third kappa shape index (κ3) is 4.99. The predicted octanol–water partition coefficient (Wildman–Crippen LogP) is -0.700. The molecule has 2 saturated heterocycles. The summed E-state index contributed by atoms with van der Waals surface area (Å²) < 4.78 is 5.34. The Morgan fingerprint density at radius 1 is 1.36 bits per heavy atom. The van der Waals surface area contributed by atoms with E-state index in [1.54, 1.807) is 0 Å². The average Bonchev–Trinajstić information content (AvgIpc) is 3.05. The van der Waals surface area contributed by atoms with Crippen LogP contribution in [-0.2, 0) is 20.9 Å². The second kappa shape index (κ2) is 8.39. The van der Waals surface area contributed by atoms with E-state index in [1.165, 1.54) is 0 Å². The molecule has 0 radical (unpaired) electrons. The summed E-state index contributed by atoms with van der Waals surface area (Å²) in [6, 6.07) is 0. The molecule has 9 heteroatoms. The van der Waals surface area contributed by atoms with E-state index >= 15 is 0 Å². The number of aromatic amines is 1. The minimum Gasteiger partial charge on any atom is -0.379 e. The highest BCUT2D eigenvalue weighted by Crippen LogP contribution is 2.18. The van der Waals surface area contributed by atoms with Gasteiger partial charge in [-0.15, -0.1) is 0 Å². The molecule has 1 aromatic heterocycles. The summed E-state index contributed by atoms with van der Waals surface area (Å²) in [4.78, 5) is 32.8. The van der Waals surface area contributed by atoms with Gasteiger partial charge in [-0.2, -0.15) is 5.10 Å². The van der Waals surface area contributed by atoms with Crippen LogP contribution in [0.4, 0.5) is 0 Å². The number of likely N-dealkylation sites (tertiary alicyclic amines) is 1. The monoisotopic (exact) mass is 350 g/mol. The SMILES string of the molecule is Cc1nc(CNC(=O)[C@H]2CCC(=O)N(CCN3CCOCC3)C2)n[nH]1. The number of rotatable bonds is 6. The molecule has 25 heavy (non-hydrogen) atoms. The molecule has 1 atom stereocenters. The molecule has 138 valence electrons. The fourth-order valence-corrected chi connectivity index (χ4v) is 3.21. The molecule has 2 fully saturated rings.